The number of para-hydroxylation sites is 2. The minimum Gasteiger partial charge on any atom is -0.477 e. The fourth-order valence-electron chi connectivity index (χ4n) is 5.10. The van der Waals surface area contributed by atoms with Crippen molar-refractivity contribution in [3.63, 3.8) is 0 Å². The van der Waals surface area contributed by atoms with E-state index in [-0.39, 0.29) is 0 Å². The molecule has 6 rings (SSSR count). The molecule has 5 aromatic rings. The Bertz CT molecular complexity index is 1780. The first-order chi connectivity index (χ1) is 16.9. The van der Waals surface area contributed by atoms with Crippen LogP contribution in [0.15, 0.2) is 82.4 Å². The first-order valence-corrected chi connectivity index (χ1v) is 11.3. The molecule has 0 amide bonds. The number of fused-ring (bicyclic) bond motifs is 5. The van der Waals surface area contributed by atoms with Crippen molar-refractivity contribution < 1.29 is 9.13 Å². The van der Waals surface area contributed by atoms with Gasteiger partial charge in [0.25, 0.3) is 5.56 Å². The van der Waals surface area contributed by atoms with Gasteiger partial charge in [-0.15, -0.1) is 0 Å². The predicted octanol–water partition coefficient (Wildman–Crippen LogP) is 4.62. The summed E-state index contributed by atoms with van der Waals surface area (Å²) < 4.78 is 26.1. The highest BCUT2D eigenvalue weighted by molar-refractivity contribution is 5.98. The largest absolute Gasteiger partial charge is 0.477 e. The van der Waals surface area contributed by atoms with Crippen LogP contribution in [-0.4, -0.2) is 13.7 Å². The molecule has 6 nitrogen and oxygen atoms in total. The predicted molar refractivity (Wildman–Crippen MR) is 133 cm³/mol. The van der Waals surface area contributed by atoms with E-state index in [1.54, 1.807) is 25.2 Å². The molecule has 0 saturated carbocycles. The number of hydrogen-bond donors (Lipinski definition) is 0. The lowest BCUT2D eigenvalue weighted by molar-refractivity contribution is 0.224. The molecule has 1 aliphatic rings. The second-order valence-electron chi connectivity index (χ2n) is 8.80. The molecule has 0 N–H and O–H groups in total. The number of nitrogens with zero attached hydrogens (tertiary/aromatic N) is 3. The summed E-state index contributed by atoms with van der Waals surface area (Å²) in [6, 6.07) is 21.7. The second kappa shape index (κ2) is 7.56. The minimum atomic E-state index is -0.871. The molecule has 0 bridgehead atoms. The molecular weight excluding hydrogens is 445 g/mol. The van der Waals surface area contributed by atoms with Gasteiger partial charge in [-0.3, -0.25) is 13.9 Å². The Balaban J connectivity index is 1.90. The fourth-order valence-corrected chi connectivity index (χ4v) is 5.10. The Hall–Kier alpha value is -4.39. The standard InChI is InChI=1S/C28H22FN3O3/c1-16-10-4-5-11-17(16)23-22-24(30(2)28(34)31(3)27(22)33)25-26(18-12-6-7-13-19(18)29)35-21-15-9-8-14-20(21)32(23)25/h4-15,26H,1-3H3. The van der Waals surface area contributed by atoms with E-state index in [0.29, 0.717) is 33.6 Å². The number of halogens is 1. The molecule has 0 fully saturated rings. The van der Waals surface area contributed by atoms with Crippen LogP contribution in [0.1, 0.15) is 22.9 Å². The van der Waals surface area contributed by atoms with Gasteiger partial charge in [0.05, 0.1) is 28.0 Å². The van der Waals surface area contributed by atoms with Crippen LogP contribution < -0.4 is 16.0 Å². The van der Waals surface area contributed by atoms with Crippen LogP contribution in [0.5, 0.6) is 5.75 Å². The van der Waals surface area contributed by atoms with Crippen molar-refractivity contribution in [2.45, 2.75) is 13.0 Å². The Kier molecular flexibility index (Phi) is 4.57. The molecule has 7 heteroatoms. The Morgan fingerprint density at radius 3 is 2.31 bits per heavy atom. The zero-order chi connectivity index (χ0) is 24.4. The van der Waals surface area contributed by atoms with Crippen molar-refractivity contribution in [3.8, 4) is 22.7 Å². The van der Waals surface area contributed by atoms with Gasteiger partial charge in [0, 0.05) is 25.2 Å². The van der Waals surface area contributed by atoms with Crippen LogP contribution in [0, 0.1) is 12.7 Å². The van der Waals surface area contributed by atoms with Crippen LogP contribution in [-0.2, 0) is 14.1 Å². The van der Waals surface area contributed by atoms with Gasteiger partial charge in [0.1, 0.15) is 11.6 Å². The van der Waals surface area contributed by atoms with E-state index in [0.717, 1.165) is 21.4 Å². The maximum absolute atomic E-state index is 15.1. The van der Waals surface area contributed by atoms with Crippen LogP contribution >= 0.6 is 0 Å². The molecule has 0 saturated heterocycles. The van der Waals surface area contributed by atoms with Crippen LogP contribution in [0.3, 0.4) is 0 Å². The van der Waals surface area contributed by atoms with Crippen LogP contribution in [0.4, 0.5) is 4.39 Å². The van der Waals surface area contributed by atoms with Crippen molar-refractivity contribution in [3.05, 3.63) is 116 Å². The molecule has 1 unspecified atom stereocenters. The van der Waals surface area contributed by atoms with E-state index in [4.69, 9.17) is 4.74 Å². The van der Waals surface area contributed by atoms with E-state index >= 15 is 4.39 Å². The number of ether oxygens (including phenoxy) is 1. The molecular formula is C28H22FN3O3. The molecule has 174 valence electrons. The van der Waals surface area contributed by atoms with E-state index in [2.05, 4.69) is 0 Å². The number of rotatable bonds is 2. The lowest BCUT2D eigenvalue weighted by Gasteiger charge is -2.30. The summed E-state index contributed by atoms with van der Waals surface area (Å²) in [6.45, 7) is 1.98. The molecule has 0 spiro atoms. The van der Waals surface area contributed by atoms with Crippen molar-refractivity contribution in [2.24, 2.45) is 14.1 Å². The lowest BCUT2D eigenvalue weighted by Crippen LogP contribution is -2.37. The smallest absolute Gasteiger partial charge is 0.331 e. The Morgan fingerprint density at radius 1 is 0.857 bits per heavy atom. The molecule has 0 radical (unpaired) electrons. The first kappa shape index (κ1) is 21.2. The van der Waals surface area contributed by atoms with Crippen molar-refractivity contribution in [2.75, 3.05) is 0 Å². The first-order valence-electron chi connectivity index (χ1n) is 11.3. The highest BCUT2D eigenvalue weighted by Gasteiger charge is 2.37. The third kappa shape index (κ3) is 2.87. The summed E-state index contributed by atoms with van der Waals surface area (Å²) in [5.41, 5.74) is 3.62. The van der Waals surface area contributed by atoms with Gasteiger partial charge in [-0.25, -0.2) is 9.18 Å². The summed E-state index contributed by atoms with van der Waals surface area (Å²) in [5, 5.41) is 0.389. The van der Waals surface area contributed by atoms with Gasteiger partial charge in [-0.1, -0.05) is 54.6 Å². The lowest BCUT2D eigenvalue weighted by atomic mass is 10.0. The average molecular weight is 468 g/mol. The Morgan fingerprint density at radius 2 is 1.54 bits per heavy atom. The van der Waals surface area contributed by atoms with Gasteiger partial charge < -0.3 is 9.30 Å². The van der Waals surface area contributed by atoms with Gasteiger partial charge in [0.15, 0.2) is 6.10 Å². The zero-order valence-electron chi connectivity index (χ0n) is 19.4. The maximum atomic E-state index is 15.1. The quantitative estimate of drug-likeness (QED) is 0.381. The molecule has 3 aromatic carbocycles. The number of benzene rings is 3. The SMILES string of the molecule is Cc1ccccc1-c1c2c(=O)n(C)c(=O)n(C)c2c2n1-c1ccccc1OC2c1ccccc1F. The summed E-state index contributed by atoms with van der Waals surface area (Å²) >= 11 is 0. The topological polar surface area (TPSA) is 58.2 Å². The summed E-state index contributed by atoms with van der Waals surface area (Å²) in [5.74, 6) is 0.134. The van der Waals surface area contributed by atoms with Crippen LogP contribution in [0.25, 0.3) is 27.8 Å². The monoisotopic (exact) mass is 467 g/mol. The van der Waals surface area contributed by atoms with Gasteiger partial charge >= 0.3 is 5.69 Å². The van der Waals surface area contributed by atoms with Crippen molar-refractivity contribution in [1.29, 1.82) is 0 Å². The van der Waals surface area contributed by atoms with Crippen molar-refractivity contribution >= 4 is 10.9 Å². The van der Waals surface area contributed by atoms with E-state index in [1.165, 1.54) is 17.7 Å². The van der Waals surface area contributed by atoms with Crippen molar-refractivity contribution in [1.82, 2.24) is 13.7 Å². The molecule has 3 heterocycles. The molecule has 2 aromatic heterocycles. The summed E-state index contributed by atoms with van der Waals surface area (Å²) in [7, 11) is 3.10. The number of hydrogen-bond acceptors (Lipinski definition) is 3. The van der Waals surface area contributed by atoms with E-state index in [1.807, 2.05) is 60.0 Å². The molecule has 35 heavy (non-hydrogen) atoms. The fraction of sp³-hybridized carbons (Fsp3) is 0.143. The number of aromatic nitrogens is 3. The highest BCUT2D eigenvalue weighted by atomic mass is 19.1. The number of aryl methyl sites for hydroxylation is 2. The third-order valence-electron chi connectivity index (χ3n) is 6.80. The highest BCUT2D eigenvalue weighted by Crippen LogP contribution is 2.47. The minimum absolute atomic E-state index is 0.326. The van der Waals surface area contributed by atoms with Gasteiger partial charge in [-0.2, -0.15) is 0 Å². The second-order valence-corrected chi connectivity index (χ2v) is 8.80. The van der Waals surface area contributed by atoms with E-state index < -0.39 is 23.2 Å². The Labute approximate surface area is 200 Å². The van der Waals surface area contributed by atoms with Crippen LogP contribution in [0.2, 0.25) is 0 Å². The average Bonchev–Trinajstić information content (AvgIpc) is 3.23. The van der Waals surface area contributed by atoms with Gasteiger partial charge in [-0.05, 0) is 30.7 Å². The van der Waals surface area contributed by atoms with Gasteiger partial charge in [0.2, 0.25) is 0 Å². The summed E-state index contributed by atoms with van der Waals surface area (Å²) in [6.07, 6.45) is -0.871. The third-order valence-corrected chi connectivity index (χ3v) is 6.80. The summed E-state index contributed by atoms with van der Waals surface area (Å²) in [4.78, 5) is 26.7. The zero-order valence-corrected chi connectivity index (χ0v) is 19.4. The molecule has 1 atom stereocenters. The maximum Gasteiger partial charge on any atom is 0.331 e. The normalized spacial score (nSPS) is 14.5. The van der Waals surface area contributed by atoms with E-state index in [9.17, 15) is 9.59 Å². The molecule has 0 aliphatic carbocycles. The molecule has 1 aliphatic heterocycles.